The topological polar surface area (TPSA) is 125 Å². The van der Waals surface area contributed by atoms with Crippen LogP contribution in [0.2, 0.25) is 5.02 Å². The number of ether oxygens (including phenoxy) is 2. The Morgan fingerprint density at radius 2 is 2.16 bits per heavy atom. The van der Waals surface area contributed by atoms with Gasteiger partial charge < -0.3 is 25.8 Å². The molecule has 136 valence electrons. The SMILES string of the molecule is CCOc1c(Cl)cc(CNCCNC(=O)c2nonc2N)cc1OC. The van der Waals surface area contributed by atoms with Crippen LogP contribution >= 0.6 is 11.6 Å². The molecular formula is C15H20ClN5O4. The van der Waals surface area contributed by atoms with Crippen LogP contribution in [0, 0.1) is 0 Å². The van der Waals surface area contributed by atoms with Crippen molar-refractivity contribution in [3.8, 4) is 11.5 Å². The van der Waals surface area contributed by atoms with Crippen LogP contribution in [0.15, 0.2) is 16.8 Å². The molecule has 0 fully saturated rings. The number of anilines is 1. The van der Waals surface area contributed by atoms with Crippen molar-refractivity contribution in [2.45, 2.75) is 13.5 Å². The molecule has 10 heteroatoms. The maximum Gasteiger partial charge on any atom is 0.277 e. The van der Waals surface area contributed by atoms with E-state index >= 15 is 0 Å². The first-order valence-corrected chi connectivity index (χ1v) is 8.00. The van der Waals surface area contributed by atoms with Crippen LogP contribution in [-0.4, -0.2) is 43.0 Å². The molecule has 2 rings (SSSR count). The van der Waals surface area contributed by atoms with Gasteiger partial charge in [-0.25, -0.2) is 4.63 Å². The first-order valence-electron chi connectivity index (χ1n) is 7.63. The molecule has 1 amide bonds. The van der Waals surface area contributed by atoms with E-state index in [4.69, 9.17) is 26.8 Å². The molecule has 0 atom stereocenters. The van der Waals surface area contributed by atoms with Gasteiger partial charge in [-0.15, -0.1) is 0 Å². The summed E-state index contributed by atoms with van der Waals surface area (Å²) < 4.78 is 15.2. The highest BCUT2D eigenvalue weighted by atomic mass is 35.5. The minimum atomic E-state index is -0.439. The van der Waals surface area contributed by atoms with Crippen LogP contribution in [-0.2, 0) is 6.54 Å². The van der Waals surface area contributed by atoms with E-state index in [2.05, 4.69) is 25.6 Å². The summed E-state index contributed by atoms with van der Waals surface area (Å²) in [7, 11) is 1.56. The van der Waals surface area contributed by atoms with Crippen molar-refractivity contribution in [3.63, 3.8) is 0 Å². The lowest BCUT2D eigenvalue weighted by Gasteiger charge is -2.13. The molecular weight excluding hydrogens is 350 g/mol. The van der Waals surface area contributed by atoms with Gasteiger partial charge in [-0.2, -0.15) is 0 Å². The molecule has 1 aromatic heterocycles. The Morgan fingerprint density at radius 1 is 1.36 bits per heavy atom. The summed E-state index contributed by atoms with van der Waals surface area (Å²) in [5.74, 6) is 0.628. The highest BCUT2D eigenvalue weighted by molar-refractivity contribution is 6.32. The van der Waals surface area contributed by atoms with Crippen LogP contribution in [0.3, 0.4) is 0 Å². The van der Waals surface area contributed by atoms with Crippen molar-refractivity contribution in [1.82, 2.24) is 20.9 Å². The van der Waals surface area contributed by atoms with Gasteiger partial charge in [0.2, 0.25) is 11.5 Å². The molecule has 0 aliphatic heterocycles. The minimum absolute atomic E-state index is 0.0250. The Labute approximate surface area is 149 Å². The highest BCUT2D eigenvalue weighted by Crippen LogP contribution is 2.36. The number of methoxy groups -OCH3 is 1. The number of amides is 1. The quantitative estimate of drug-likeness (QED) is 0.564. The normalized spacial score (nSPS) is 10.5. The van der Waals surface area contributed by atoms with Crippen LogP contribution in [0.4, 0.5) is 5.82 Å². The van der Waals surface area contributed by atoms with E-state index in [0.717, 1.165) is 5.56 Å². The zero-order valence-electron chi connectivity index (χ0n) is 14.0. The number of carbonyl (C=O) groups is 1. The summed E-state index contributed by atoms with van der Waals surface area (Å²) in [5, 5.41) is 13.1. The molecule has 0 radical (unpaired) electrons. The molecule has 0 unspecified atom stereocenters. The zero-order valence-corrected chi connectivity index (χ0v) is 14.7. The van der Waals surface area contributed by atoms with Crippen LogP contribution < -0.4 is 25.8 Å². The fraction of sp³-hybridized carbons (Fsp3) is 0.400. The molecule has 9 nitrogen and oxygen atoms in total. The van der Waals surface area contributed by atoms with E-state index in [0.29, 0.717) is 42.8 Å². The van der Waals surface area contributed by atoms with Crippen LogP contribution in [0.25, 0.3) is 0 Å². The number of rotatable bonds is 9. The van der Waals surface area contributed by atoms with Crippen molar-refractivity contribution in [3.05, 3.63) is 28.4 Å². The van der Waals surface area contributed by atoms with Gasteiger partial charge in [-0.1, -0.05) is 11.6 Å². The van der Waals surface area contributed by atoms with Gasteiger partial charge in [-0.3, -0.25) is 4.79 Å². The van der Waals surface area contributed by atoms with Crippen molar-refractivity contribution in [2.75, 3.05) is 32.5 Å². The molecule has 1 heterocycles. The standard InChI is InChI=1S/C15H20ClN5O4/c1-3-24-13-10(16)6-9(7-11(13)23-2)8-18-4-5-19-15(22)12-14(17)21-25-20-12/h6-7,18H,3-5,8H2,1-2H3,(H2,17,21)(H,19,22). The van der Waals surface area contributed by atoms with Gasteiger partial charge >= 0.3 is 0 Å². The number of aromatic nitrogens is 2. The summed E-state index contributed by atoms with van der Waals surface area (Å²) in [6, 6.07) is 3.66. The van der Waals surface area contributed by atoms with Gasteiger partial charge in [0.25, 0.3) is 5.91 Å². The number of nitrogens with one attached hydrogen (secondary N) is 2. The van der Waals surface area contributed by atoms with Gasteiger partial charge in [0.1, 0.15) is 0 Å². The third kappa shape index (κ3) is 4.97. The highest BCUT2D eigenvalue weighted by Gasteiger charge is 2.15. The Balaban J connectivity index is 1.81. The Kier molecular flexibility index (Phi) is 6.84. The monoisotopic (exact) mass is 369 g/mol. The van der Waals surface area contributed by atoms with E-state index < -0.39 is 5.91 Å². The second-order valence-corrected chi connectivity index (χ2v) is 5.38. The number of hydrogen-bond donors (Lipinski definition) is 3. The molecule has 0 saturated carbocycles. The number of nitrogens with zero attached hydrogens (tertiary/aromatic N) is 2. The van der Waals surface area contributed by atoms with E-state index in [1.165, 1.54) is 0 Å². The van der Waals surface area contributed by atoms with Crippen molar-refractivity contribution in [2.24, 2.45) is 0 Å². The minimum Gasteiger partial charge on any atom is -0.493 e. The van der Waals surface area contributed by atoms with Crippen molar-refractivity contribution >= 4 is 23.3 Å². The molecule has 25 heavy (non-hydrogen) atoms. The number of nitrogens with two attached hydrogens (primary N) is 1. The molecule has 2 aromatic rings. The lowest BCUT2D eigenvalue weighted by atomic mass is 10.2. The molecule has 4 N–H and O–H groups in total. The van der Waals surface area contributed by atoms with Crippen molar-refractivity contribution < 1.29 is 18.9 Å². The predicted molar refractivity (Wildman–Crippen MR) is 91.9 cm³/mol. The lowest BCUT2D eigenvalue weighted by molar-refractivity contribution is 0.0944. The molecule has 0 spiro atoms. The summed E-state index contributed by atoms with van der Waals surface area (Å²) in [4.78, 5) is 11.8. The summed E-state index contributed by atoms with van der Waals surface area (Å²) >= 11 is 6.22. The molecule has 1 aromatic carbocycles. The molecule has 0 aliphatic carbocycles. The van der Waals surface area contributed by atoms with E-state index in [9.17, 15) is 4.79 Å². The second-order valence-electron chi connectivity index (χ2n) is 4.97. The van der Waals surface area contributed by atoms with Gasteiger partial charge in [-0.05, 0) is 34.9 Å². The first-order chi connectivity index (χ1) is 12.1. The second kappa shape index (κ2) is 9.09. The Morgan fingerprint density at radius 3 is 2.80 bits per heavy atom. The lowest BCUT2D eigenvalue weighted by Crippen LogP contribution is -2.32. The third-order valence-electron chi connectivity index (χ3n) is 3.22. The number of nitrogen functional groups attached to an aromatic ring is 1. The Bertz CT molecular complexity index is 722. The predicted octanol–water partition coefficient (Wildman–Crippen LogP) is 1.23. The van der Waals surface area contributed by atoms with Gasteiger partial charge in [0.05, 0.1) is 18.7 Å². The summed E-state index contributed by atoms with van der Waals surface area (Å²) in [5.41, 5.74) is 6.35. The summed E-state index contributed by atoms with van der Waals surface area (Å²) in [6.45, 7) is 3.84. The number of hydrogen-bond acceptors (Lipinski definition) is 8. The van der Waals surface area contributed by atoms with Gasteiger partial charge in [0.15, 0.2) is 11.5 Å². The fourth-order valence-electron chi connectivity index (χ4n) is 2.09. The number of benzene rings is 1. The Hall–Kier alpha value is -2.52. The zero-order chi connectivity index (χ0) is 18.2. The summed E-state index contributed by atoms with van der Waals surface area (Å²) in [6.07, 6.45) is 0. The van der Waals surface area contributed by atoms with Crippen molar-refractivity contribution in [1.29, 1.82) is 0 Å². The largest absolute Gasteiger partial charge is 0.493 e. The molecule has 0 aliphatic rings. The molecule has 0 saturated heterocycles. The molecule has 0 bridgehead atoms. The van der Waals surface area contributed by atoms with E-state index in [-0.39, 0.29) is 11.5 Å². The number of carbonyl (C=O) groups excluding carboxylic acids is 1. The average molecular weight is 370 g/mol. The van der Waals surface area contributed by atoms with E-state index in [1.807, 2.05) is 19.1 Å². The number of halogens is 1. The first kappa shape index (κ1) is 18.8. The van der Waals surface area contributed by atoms with E-state index in [1.54, 1.807) is 7.11 Å². The van der Waals surface area contributed by atoms with Gasteiger partial charge in [0, 0.05) is 19.6 Å². The fourth-order valence-corrected chi connectivity index (χ4v) is 2.38. The smallest absolute Gasteiger partial charge is 0.277 e. The maximum absolute atomic E-state index is 11.8. The van der Waals surface area contributed by atoms with Crippen LogP contribution in [0.5, 0.6) is 11.5 Å². The average Bonchev–Trinajstić information content (AvgIpc) is 3.02. The van der Waals surface area contributed by atoms with Crippen LogP contribution in [0.1, 0.15) is 23.0 Å². The maximum atomic E-state index is 11.8. The third-order valence-corrected chi connectivity index (χ3v) is 3.50.